The lowest BCUT2D eigenvalue weighted by molar-refractivity contribution is 0.202. The molecular weight excluding hydrogens is 244 g/mol. The number of hydrogen-bond donors (Lipinski definition) is 1. The molecule has 0 aliphatic heterocycles. The second kappa shape index (κ2) is 5.44. The van der Waals surface area contributed by atoms with Crippen LogP contribution < -0.4 is 4.74 Å². The number of hydrogen-bond acceptors (Lipinski definition) is 4. The second-order valence-corrected chi connectivity index (χ2v) is 4.66. The molecule has 0 aromatic carbocycles. The van der Waals surface area contributed by atoms with E-state index in [0.29, 0.717) is 18.0 Å². The molecule has 0 saturated heterocycles. The Balaban J connectivity index is 2.37. The van der Waals surface area contributed by atoms with Gasteiger partial charge in [0.2, 0.25) is 0 Å². The maximum absolute atomic E-state index is 10.5. The molecule has 0 amide bonds. The molecule has 6 nitrogen and oxygen atoms in total. The zero-order valence-electron chi connectivity index (χ0n) is 11.7. The van der Waals surface area contributed by atoms with Crippen molar-refractivity contribution in [2.45, 2.75) is 39.5 Å². The summed E-state index contributed by atoms with van der Waals surface area (Å²) in [4.78, 5) is 0. The van der Waals surface area contributed by atoms with E-state index >= 15 is 0 Å². The fourth-order valence-corrected chi connectivity index (χ4v) is 2.00. The van der Waals surface area contributed by atoms with Crippen molar-refractivity contribution in [3.63, 3.8) is 0 Å². The molecule has 104 valence electrons. The van der Waals surface area contributed by atoms with Crippen molar-refractivity contribution in [1.82, 2.24) is 19.6 Å². The molecule has 0 radical (unpaired) electrons. The summed E-state index contributed by atoms with van der Waals surface area (Å²) in [7, 11) is 1.57. The van der Waals surface area contributed by atoms with Crippen LogP contribution in [-0.2, 0) is 6.54 Å². The van der Waals surface area contributed by atoms with Gasteiger partial charge in [0.05, 0.1) is 19.5 Å². The standard InChI is InChI=1S/C13H20N4O2/c1-5-16-12(11(19-4)7-15-16)13(18)10-6-14-17(8-10)9(2)3/h6-9,13,18H,5H2,1-4H3. The monoisotopic (exact) mass is 264 g/mol. The maximum Gasteiger partial charge on any atom is 0.163 e. The van der Waals surface area contributed by atoms with Crippen molar-refractivity contribution in [1.29, 1.82) is 0 Å². The summed E-state index contributed by atoms with van der Waals surface area (Å²) < 4.78 is 8.80. The van der Waals surface area contributed by atoms with Crippen molar-refractivity contribution in [3.8, 4) is 5.75 Å². The molecule has 0 bridgehead atoms. The molecule has 0 aliphatic carbocycles. The lowest BCUT2D eigenvalue weighted by Crippen LogP contribution is -2.10. The molecule has 2 aromatic heterocycles. The number of aliphatic hydroxyl groups excluding tert-OH is 1. The molecule has 0 aliphatic rings. The normalized spacial score (nSPS) is 12.9. The number of ether oxygens (including phenoxy) is 1. The maximum atomic E-state index is 10.5. The van der Waals surface area contributed by atoms with Gasteiger partial charge < -0.3 is 9.84 Å². The van der Waals surface area contributed by atoms with Crippen LogP contribution in [0.15, 0.2) is 18.6 Å². The van der Waals surface area contributed by atoms with Gasteiger partial charge in [-0.15, -0.1) is 0 Å². The average molecular weight is 264 g/mol. The first-order valence-corrected chi connectivity index (χ1v) is 6.40. The van der Waals surface area contributed by atoms with Crippen LogP contribution >= 0.6 is 0 Å². The van der Waals surface area contributed by atoms with E-state index in [0.717, 1.165) is 5.56 Å². The van der Waals surface area contributed by atoms with E-state index in [1.807, 2.05) is 31.6 Å². The van der Waals surface area contributed by atoms with Gasteiger partial charge in [0.25, 0.3) is 0 Å². The van der Waals surface area contributed by atoms with E-state index in [9.17, 15) is 5.11 Å². The molecular formula is C13H20N4O2. The molecule has 1 unspecified atom stereocenters. The summed E-state index contributed by atoms with van der Waals surface area (Å²) >= 11 is 0. The molecule has 6 heteroatoms. The highest BCUT2D eigenvalue weighted by molar-refractivity contribution is 5.33. The lowest BCUT2D eigenvalue weighted by Gasteiger charge is -2.12. The van der Waals surface area contributed by atoms with E-state index in [2.05, 4.69) is 10.2 Å². The Morgan fingerprint density at radius 3 is 2.58 bits per heavy atom. The highest BCUT2D eigenvalue weighted by Gasteiger charge is 2.22. The number of aromatic nitrogens is 4. The van der Waals surface area contributed by atoms with Gasteiger partial charge >= 0.3 is 0 Å². The quantitative estimate of drug-likeness (QED) is 0.894. The highest BCUT2D eigenvalue weighted by atomic mass is 16.5. The van der Waals surface area contributed by atoms with Gasteiger partial charge in [-0.2, -0.15) is 10.2 Å². The van der Waals surface area contributed by atoms with Crippen LogP contribution in [0.3, 0.4) is 0 Å². The third-order valence-electron chi connectivity index (χ3n) is 3.09. The number of rotatable bonds is 5. The molecule has 2 aromatic rings. The summed E-state index contributed by atoms with van der Waals surface area (Å²) in [6.45, 7) is 6.73. The number of methoxy groups -OCH3 is 1. The first-order chi connectivity index (χ1) is 9.08. The van der Waals surface area contributed by atoms with Crippen LogP contribution in [0.4, 0.5) is 0 Å². The number of nitrogens with zero attached hydrogens (tertiary/aromatic N) is 4. The van der Waals surface area contributed by atoms with Crippen LogP contribution in [0.25, 0.3) is 0 Å². The fourth-order valence-electron chi connectivity index (χ4n) is 2.00. The third kappa shape index (κ3) is 2.49. The molecule has 1 N–H and O–H groups in total. The largest absolute Gasteiger partial charge is 0.493 e. The second-order valence-electron chi connectivity index (χ2n) is 4.66. The highest BCUT2D eigenvalue weighted by Crippen LogP contribution is 2.29. The van der Waals surface area contributed by atoms with E-state index in [1.165, 1.54) is 0 Å². The van der Waals surface area contributed by atoms with Crippen LogP contribution in [0.5, 0.6) is 5.75 Å². The zero-order valence-corrected chi connectivity index (χ0v) is 11.7. The van der Waals surface area contributed by atoms with Crippen molar-refractivity contribution < 1.29 is 9.84 Å². The van der Waals surface area contributed by atoms with Gasteiger partial charge in [0.15, 0.2) is 5.75 Å². The van der Waals surface area contributed by atoms with Crippen molar-refractivity contribution in [2.24, 2.45) is 0 Å². The SMILES string of the molecule is CCn1ncc(OC)c1C(O)c1cnn(C(C)C)c1. The summed E-state index contributed by atoms with van der Waals surface area (Å²) in [6, 6.07) is 0.263. The smallest absolute Gasteiger partial charge is 0.163 e. The summed E-state index contributed by atoms with van der Waals surface area (Å²) in [5.74, 6) is 0.589. The molecule has 0 spiro atoms. The summed E-state index contributed by atoms with van der Waals surface area (Å²) in [6.07, 6.45) is 4.36. The van der Waals surface area contributed by atoms with E-state index < -0.39 is 6.10 Å². The van der Waals surface area contributed by atoms with Crippen LogP contribution in [0.2, 0.25) is 0 Å². The molecule has 1 atom stereocenters. The lowest BCUT2D eigenvalue weighted by atomic mass is 10.1. The van der Waals surface area contributed by atoms with Crippen molar-refractivity contribution in [2.75, 3.05) is 7.11 Å². The Hall–Kier alpha value is -1.82. The minimum atomic E-state index is -0.787. The Kier molecular flexibility index (Phi) is 3.90. The first kappa shape index (κ1) is 13.6. The molecule has 0 fully saturated rings. The Labute approximate surface area is 112 Å². The topological polar surface area (TPSA) is 65.1 Å². The molecule has 0 saturated carbocycles. The van der Waals surface area contributed by atoms with Crippen molar-refractivity contribution >= 4 is 0 Å². The zero-order chi connectivity index (χ0) is 14.0. The van der Waals surface area contributed by atoms with E-state index in [-0.39, 0.29) is 6.04 Å². The van der Waals surface area contributed by atoms with E-state index in [4.69, 9.17) is 4.74 Å². The van der Waals surface area contributed by atoms with Crippen LogP contribution in [-0.4, -0.2) is 31.8 Å². The Morgan fingerprint density at radius 2 is 2.05 bits per heavy atom. The van der Waals surface area contributed by atoms with Gasteiger partial charge in [-0.3, -0.25) is 9.36 Å². The van der Waals surface area contributed by atoms with Crippen LogP contribution in [0, 0.1) is 0 Å². The van der Waals surface area contributed by atoms with Crippen molar-refractivity contribution in [3.05, 3.63) is 29.8 Å². The summed E-state index contributed by atoms with van der Waals surface area (Å²) in [5.41, 5.74) is 1.40. The summed E-state index contributed by atoms with van der Waals surface area (Å²) in [5, 5.41) is 18.9. The predicted octanol–water partition coefficient (Wildman–Crippen LogP) is 1.77. The Bertz CT molecular complexity index is 523. The van der Waals surface area contributed by atoms with E-state index in [1.54, 1.807) is 24.2 Å². The van der Waals surface area contributed by atoms with Crippen LogP contribution in [0.1, 0.15) is 44.2 Å². The van der Waals surface area contributed by atoms with Gasteiger partial charge in [-0.1, -0.05) is 0 Å². The van der Waals surface area contributed by atoms with Gasteiger partial charge in [0.1, 0.15) is 11.8 Å². The third-order valence-corrected chi connectivity index (χ3v) is 3.09. The molecule has 2 rings (SSSR count). The number of aryl methyl sites for hydroxylation is 1. The average Bonchev–Trinajstić information content (AvgIpc) is 3.04. The molecule has 19 heavy (non-hydrogen) atoms. The van der Waals surface area contributed by atoms with Gasteiger partial charge in [-0.05, 0) is 20.8 Å². The number of aliphatic hydroxyl groups is 1. The fraction of sp³-hybridized carbons (Fsp3) is 0.538. The minimum Gasteiger partial charge on any atom is -0.493 e. The van der Waals surface area contributed by atoms with Gasteiger partial charge in [0, 0.05) is 24.3 Å². The first-order valence-electron chi connectivity index (χ1n) is 6.40. The molecule has 2 heterocycles. The Morgan fingerprint density at radius 1 is 1.32 bits per heavy atom. The minimum absolute atomic E-state index is 0.263. The van der Waals surface area contributed by atoms with Gasteiger partial charge in [-0.25, -0.2) is 0 Å². The predicted molar refractivity (Wildman–Crippen MR) is 71.1 cm³/mol.